The molecular formula is C13H10N2O3S2. The van der Waals surface area contributed by atoms with Crippen LogP contribution in [0.1, 0.15) is 4.88 Å². The van der Waals surface area contributed by atoms with E-state index in [-0.39, 0.29) is 12.1 Å². The number of nitrogens with zero attached hydrogens (tertiary/aromatic N) is 2. The number of aliphatic carboxylic acids is 1. The van der Waals surface area contributed by atoms with Gasteiger partial charge in [-0.05, 0) is 18.4 Å². The molecule has 3 rings (SSSR count). The summed E-state index contributed by atoms with van der Waals surface area (Å²) in [6, 6.07) is 3.88. The van der Waals surface area contributed by atoms with E-state index in [2.05, 4.69) is 4.98 Å². The van der Waals surface area contributed by atoms with Gasteiger partial charge in [-0.25, -0.2) is 4.98 Å². The molecule has 0 saturated heterocycles. The van der Waals surface area contributed by atoms with Crippen LogP contribution in [0.25, 0.3) is 20.7 Å². The second kappa shape index (κ2) is 4.84. The number of aromatic nitrogens is 2. The monoisotopic (exact) mass is 306 g/mol. The van der Waals surface area contributed by atoms with Crippen LogP contribution in [-0.4, -0.2) is 20.6 Å². The first-order valence-corrected chi connectivity index (χ1v) is 7.51. The van der Waals surface area contributed by atoms with E-state index in [0.717, 1.165) is 19.9 Å². The topological polar surface area (TPSA) is 72.2 Å². The molecule has 0 radical (unpaired) electrons. The number of carboxylic acids is 1. The highest BCUT2D eigenvalue weighted by Crippen LogP contribution is 2.37. The fourth-order valence-corrected chi connectivity index (χ4v) is 4.01. The Labute approximate surface area is 121 Å². The van der Waals surface area contributed by atoms with Crippen molar-refractivity contribution in [2.24, 2.45) is 0 Å². The number of hydrogen-bond donors (Lipinski definition) is 1. The molecule has 0 bridgehead atoms. The van der Waals surface area contributed by atoms with Crippen LogP contribution in [0.3, 0.4) is 0 Å². The van der Waals surface area contributed by atoms with E-state index in [1.165, 1.54) is 17.7 Å². The number of aryl methyl sites for hydroxylation is 1. The number of fused-ring (bicyclic) bond motifs is 1. The Bertz CT molecular complexity index is 846. The third-order valence-corrected chi connectivity index (χ3v) is 4.83. The minimum atomic E-state index is -1.06. The minimum absolute atomic E-state index is 0.301. The van der Waals surface area contributed by atoms with E-state index in [4.69, 9.17) is 5.11 Å². The Hall–Kier alpha value is -1.99. The highest BCUT2D eigenvalue weighted by Gasteiger charge is 2.17. The van der Waals surface area contributed by atoms with Crippen LogP contribution in [0.4, 0.5) is 0 Å². The van der Waals surface area contributed by atoms with Gasteiger partial charge in [0.25, 0.3) is 5.56 Å². The quantitative estimate of drug-likeness (QED) is 0.807. The second-order valence-corrected chi connectivity index (χ2v) is 6.41. The first kappa shape index (κ1) is 13.0. The molecule has 0 fully saturated rings. The minimum Gasteiger partial charge on any atom is -0.480 e. The fourth-order valence-electron chi connectivity index (χ4n) is 2.11. The summed E-state index contributed by atoms with van der Waals surface area (Å²) < 4.78 is 1.13. The van der Waals surface area contributed by atoms with Gasteiger partial charge < -0.3 is 5.11 Å². The molecule has 0 aliphatic rings. The maximum atomic E-state index is 12.5. The van der Waals surface area contributed by atoms with Crippen molar-refractivity contribution in [1.29, 1.82) is 0 Å². The molecule has 0 amide bonds. The standard InChI is InChI=1S/C13H10N2O3S2/c1-7-10(8-3-2-4-19-8)11-12(20-7)14-6-15(13(11)18)5-9(16)17/h2-4,6H,5H2,1H3,(H,16,17). The van der Waals surface area contributed by atoms with E-state index < -0.39 is 5.97 Å². The Morgan fingerprint density at radius 2 is 2.30 bits per heavy atom. The van der Waals surface area contributed by atoms with Gasteiger partial charge in [-0.2, -0.15) is 0 Å². The zero-order valence-corrected chi connectivity index (χ0v) is 12.1. The van der Waals surface area contributed by atoms with Crippen LogP contribution in [0, 0.1) is 6.92 Å². The molecule has 20 heavy (non-hydrogen) atoms. The average molecular weight is 306 g/mol. The highest BCUT2D eigenvalue weighted by molar-refractivity contribution is 7.20. The maximum Gasteiger partial charge on any atom is 0.323 e. The summed E-state index contributed by atoms with van der Waals surface area (Å²) in [5.41, 5.74) is 0.572. The molecular weight excluding hydrogens is 296 g/mol. The second-order valence-electron chi connectivity index (χ2n) is 4.26. The molecule has 0 saturated carbocycles. The summed E-state index contributed by atoms with van der Waals surface area (Å²) in [5, 5.41) is 11.3. The molecule has 0 aliphatic heterocycles. The number of hydrogen-bond acceptors (Lipinski definition) is 5. The molecule has 0 spiro atoms. The highest BCUT2D eigenvalue weighted by atomic mass is 32.1. The fraction of sp³-hybridized carbons (Fsp3) is 0.154. The number of carboxylic acid groups (broad SMARTS) is 1. The van der Waals surface area contributed by atoms with Gasteiger partial charge in [0.2, 0.25) is 0 Å². The van der Waals surface area contributed by atoms with Crippen molar-refractivity contribution >= 4 is 38.9 Å². The molecule has 7 heteroatoms. The van der Waals surface area contributed by atoms with Crippen LogP contribution in [-0.2, 0) is 11.3 Å². The normalized spacial score (nSPS) is 11.1. The molecule has 3 heterocycles. The summed E-state index contributed by atoms with van der Waals surface area (Å²) in [7, 11) is 0. The first-order chi connectivity index (χ1) is 9.58. The summed E-state index contributed by atoms with van der Waals surface area (Å²) in [4.78, 5) is 30.1. The van der Waals surface area contributed by atoms with Crippen molar-refractivity contribution in [3.63, 3.8) is 0 Å². The van der Waals surface area contributed by atoms with Crippen LogP contribution >= 0.6 is 22.7 Å². The van der Waals surface area contributed by atoms with E-state index in [1.807, 2.05) is 24.4 Å². The molecule has 1 N–H and O–H groups in total. The van der Waals surface area contributed by atoms with Gasteiger partial charge in [-0.3, -0.25) is 14.2 Å². The predicted molar refractivity (Wildman–Crippen MR) is 79.6 cm³/mol. The third kappa shape index (κ3) is 2.04. The van der Waals surface area contributed by atoms with Crippen molar-refractivity contribution in [2.75, 3.05) is 0 Å². The van der Waals surface area contributed by atoms with Crippen LogP contribution in [0.5, 0.6) is 0 Å². The Balaban J connectivity index is 2.33. The molecule has 3 aromatic heterocycles. The van der Waals surface area contributed by atoms with E-state index in [0.29, 0.717) is 10.2 Å². The lowest BCUT2D eigenvalue weighted by Crippen LogP contribution is -2.24. The average Bonchev–Trinajstić information content (AvgIpc) is 2.99. The predicted octanol–water partition coefficient (Wildman–Crippen LogP) is 2.58. The van der Waals surface area contributed by atoms with Crippen LogP contribution < -0.4 is 5.56 Å². The van der Waals surface area contributed by atoms with Crippen molar-refractivity contribution in [3.8, 4) is 10.4 Å². The lowest BCUT2D eigenvalue weighted by molar-refractivity contribution is -0.137. The maximum absolute atomic E-state index is 12.5. The molecule has 5 nitrogen and oxygen atoms in total. The van der Waals surface area contributed by atoms with E-state index >= 15 is 0 Å². The van der Waals surface area contributed by atoms with Gasteiger partial charge in [0.05, 0.1) is 11.7 Å². The smallest absolute Gasteiger partial charge is 0.323 e. The van der Waals surface area contributed by atoms with E-state index in [9.17, 15) is 9.59 Å². The lowest BCUT2D eigenvalue weighted by Gasteiger charge is -2.02. The third-order valence-electron chi connectivity index (χ3n) is 2.93. The summed E-state index contributed by atoms with van der Waals surface area (Å²) in [6.07, 6.45) is 1.30. The van der Waals surface area contributed by atoms with Crippen molar-refractivity contribution in [1.82, 2.24) is 9.55 Å². The zero-order valence-electron chi connectivity index (χ0n) is 10.5. The zero-order chi connectivity index (χ0) is 14.3. The van der Waals surface area contributed by atoms with E-state index in [1.54, 1.807) is 11.3 Å². The van der Waals surface area contributed by atoms with Gasteiger partial charge in [-0.1, -0.05) is 6.07 Å². The molecule has 0 unspecified atom stereocenters. The Morgan fingerprint density at radius 1 is 1.50 bits per heavy atom. The molecule has 102 valence electrons. The van der Waals surface area contributed by atoms with Gasteiger partial charge in [0.15, 0.2) is 0 Å². The number of carbonyl (C=O) groups is 1. The van der Waals surface area contributed by atoms with Crippen molar-refractivity contribution in [2.45, 2.75) is 13.5 Å². The van der Waals surface area contributed by atoms with Crippen LogP contribution in [0.2, 0.25) is 0 Å². The Morgan fingerprint density at radius 3 is 2.95 bits per heavy atom. The summed E-state index contributed by atoms with van der Waals surface area (Å²) in [6.45, 7) is 1.57. The summed E-state index contributed by atoms with van der Waals surface area (Å²) >= 11 is 3.01. The Kier molecular flexibility index (Phi) is 3.15. The van der Waals surface area contributed by atoms with Crippen LogP contribution in [0.15, 0.2) is 28.6 Å². The first-order valence-electron chi connectivity index (χ1n) is 5.82. The van der Waals surface area contributed by atoms with Crippen molar-refractivity contribution < 1.29 is 9.90 Å². The van der Waals surface area contributed by atoms with Gasteiger partial charge in [0, 0.05) is 15.3 Å². The SMILES string of the molecule is Cc1sc2ncn(CC(=O)O)c(=O)c2c1-c1cccs1. The lowest BCUT2D eigenvalue weighted by atomic mass is 10.1. The van der Waals surface area contributed by atoms with Gasteiger partial charge >= 0.3 is 5.97 Å². The molecule has 0 aromatic carbocycles. The summed E-state index contributed by atoms with van der Waals surface area (Å²) in [5.74, 6) is -1.06. The molecule has 0 atom stereocenters. The van der Waals surface area contributed by atoms with Gasteiger partial charge in [-0.15, -0.1) is 22.7 Å². The van der Waals surface area contributed by atoms with Gasteiger partial charge in [0.1, 0.15) is 11.4 Å². The van der Waals surface area contributed by atoms with Crippen molar-refractivity contribution in [3.05, 3.63) is 39.1 Å². The molecule has 0 aliphatic carbocycles. The number of thiophene rings is 2. The largest absolute Gasteiger partial charge is 0.480 e. The number of rotatable bonds is 3. The molecule has 3 aromatic rings.